The third-order valence-electron chi connectivity index (χ3n) is 4.48. The highest BCUT2D eigenvalue weighted by atomic mass is 32.2. The number of hydrazone groups is 1. The number of amides is 1. The number of hydrogen-bond acceptors (Lipinski definition) is 5. The molecule has 2 N–H and O–H groups in total. The molecule has 0 atom stereocenters. The number of hydrogen-bond donors (Lipinski definition) is 2. The number of fused-ring (bicyclic) bond motifs is 2. The molecule has 0 fully saturated rings. The molecule has 2 aromatic carbocycles. The second-order valence-electron chi connectivity index (χ2n) is 6.52. The van der Waals surface area contributed by atoms with E-state index < -0.39 is 0 Å². The molecular weight excluding hydrogens is 384 g/mol. The van der Waals surface area contributed by atoms with Crippen LogP contribution >= 0.6 is 11.8 Å². The Morgan fingerprint density at radius 2 is 2.10 bits per heavy atom. The Bertz CT molecular complexity index is 1220. The Balaban J connectivity index is 1.43. The van der Waals surface area contributed by atoms with Crippen LogP contribution in [0.2, 0.25) is 0 Å². The van der Waals surface area contributed by atoms with Crippen molar-refractivity contribution in [2.45, 2.75) is 11.8 Å². The van der Waals surface area contributed by atoms with E-state index in [1.807, 2.05) is 61.7 Å². The summed E-state index contributed by atoms with van der Waals surface area (Å²) >= 11 is 1.45. The summed E-state index contributed by atoms with van der Waals surface area (Å²) in [5.41, 5.74) is 6.34. The number of nitrogens with one attached hydrogen (secondary N) is 2. The number of carbonyl (C=O) groups is 1. The van der Waals surface area contributed by atoms with Gasteiger partial charge in [-0.25, -0.2) is 5.43 Å². The second-order valence-corrected chi connectivity index (χ2v) is 7.53. The summed E-state index contributed by atoms with van der Waals surface area (Å²) < 4.78 is 5.31. The van der Waals surface area contributed by atoms with E-state index in [1.165, 1.54) is 11.8 Å². The summed E-state index contributed by atoms with van der Waals surface area (Å²) in [5, 5.41) is 6.12. The predicted molar refractivity (Wildman–Crippen MR) is 118 cm³/mol. The monoisotopic (exact) mass is 404 g/mol. The van der Waals surface area contributed by atoms with E-state index in [2.05, 4.69) is 20.5 Å². The maximum Gasteiger partial charge on any atom is 0.250 e. The molecule has 2 heterocycles. The van der Waals surface area contributed by atoms with Gasteiger partial charge in [0.1, 0.15) is 5.75 Å². The molecule has 0 bridgehead atoms. The molecule has 0 spiro atoms. The van der Waals surface area contributed by atoms with Gasteiger partial charge in [0, 0.05) is 38.6 Å². The van der Waals surface area contributed by atoms with Crippen LogP contribution in [-0.2, 0) is 4.79 Å². The van der Waals surface area contributed by atoms with Crippen LogP contribution in [0.5, 0.6) is 5.75 Å². The highest BCUT2D eigenvalue weighted by Gasteiger charge is 2.09. The number of aryl methyl sites for hydroxylation is 1. The lowest BCUT2D eigenvalue weighted by Gasteiger charge is -2.09. The zero-order valence-corrected chi connectivity index (χ0v) is 16.9. The molecule has 2 aromatic heterocycles. The molecular formula is C22H20N4O2S. The van der Waals surface area contributed by atoms with Crippen molar-refractivity contribution in [3.8, 4) is 5.75 Å². The van der Waals surface area contributed by atoms with Gasteiger partial charge in [0.15, 0.2) is 0 Å². The minimum Gasteiger partial charge on any atom is -0.497 e. The first-order valence-corrected chi connectivity index (χ1v) is 10.1. The Morgan fingerprint density at radius 1 is 1.24 bits per heavy atom. The Kier molecular flexibility index (Phi) is 5.48. The van der Waals surface area contributed by atoms with E-state index in [0.717, 1.165) is 43.7 Å². The van der Waals surface area contributed by atoms with Crippen molar-refractivity contribution in [3.63, 3.8) is 0 Å². The molecule has 0 aliphatic rings. The maximum atomic E-state index is 12.3. The first-order valence-electron chi connectivity index (χ1n) is 9.10. The molecule has 1 amide bonds. The van der Waals surface area contributed by atoms with Crippen LogP contribution in [0.15, 0.2) is 64.7 Å². The zero-order chi connectivity index (χ0) is 20.2. The molecule has 0 unspecified atom stereocenters. The lowest BCUT2D eigenvalue weighted by atomic mass is 10.2. The van der Waals surface area contributed by atoms with Gasteiger partial charge < -0.3 is 9.72 Å². The molecule has 0 saturated carbocycles. The number of ether oxygens (including phenoxy) is 1. The molecule has 0 saturated heterocycles. The Morgan fingerprint density at radius 3 is 2.97 bits per heavy atom. The number of pyridine rings is 1. The molecule has 146 valence electrons. The number of methoxy groups -OCH3 is 1. The van der Waals surface area contributed by atoms with E-state index in [0.29, 0.717) is 0 Å². The first-order chi connectivity index (χ1) is 14.1. The summed E-state index contributed by atoms with van der Waals surface area (Å²) in [4.78, 5) is 21.0. The van der Waals surface area contributed by atoms with Gasteiger partial charge in [-0.15, -0.1) is 11.8 Å². The summed E-state index contributed by atoms with van der Waals surface area (Å²) in [6, 6.07) is 15.7. The normalized spacial score (nSPS) is 11.4. The number of carbonyl (C=O) groups excluding carboxylic acids is 1. The van der Waals surface area contributed by atoms with Crippen molar-refractivity contribution in [3.05, 3.63) is 66.0 Å². The second kappa shape index (κ2) is 8.36. The summed E-state index contributed by atoms with van der Waals surface area (Å²) in [6.07, 6.45) is 3.52. The molecule has 0 aliphatic heterocycles. The number of benzene rings is 2. The molecule has 0 radical (unpaired) electrons. The van der Waals surface area contributed by atoms with Crippen molar-refractivity contribution in [2.24, 2.45) is 5.10 Å². The minimum atomic E-state index is -0.170. The van der Waals surface area contributed by atoms with Gasteiger partial charge in [0.05, 0.1) is 24.6 Å². The third-order valence-corrected chi connectivity index (χ3v) is 5.53. The average molecular weight is 404 g/mol. The van der Waals surface area contributed by atoms with E-state index in [1.54, 1.807) is 13.3 Å². The van der Waals surface area contributed by atoms with Gasteiger partial charge in [-0.1, -0.05) is 18.2 Å². The van der Waals surface area contributed by atoms with E-state index in [9.17, 15) is 4.79 Å². The van der Waals surface area contributed by atoms with Gasteiger partial charge >= 0.3 is 0 Å². The van der Waals surface area contributed by atoms with Crippen molar-refractivity contribution < 1.29 is 9.53 Å². The fraction of sp³-hybridized carbons (Fsp3) is 0.136. The van der Waals surface area contributed by atoms with Crippen molar-refractivity contribution >= 4 is 45.7 Å². The van der Waals surface area contributed by atoms with Crippen LogP contribution in [0.3, 0.4) is 0 Å². The number of nitrogens with zero attached hydrogens (tertiary/aromatic N) is 2. The standard InChI is InChI=1S/C22H20N4O2S/c1-14-9-21(18-10-16(28-2)7-8-20(18)25-14)29-13-22(27)26-24-12-15-11-23-19-6-4-3-5-17(15)19/h3-12,23H,13H2,1-2H3,(H,26,27)/b24-12-. The first kappa shape index (κ1) is 19.0. The number of thioether (sulfide) groups is 1. The summed E-state index contributed by atoms with van der Waals surface area (Å²) in [6.45, 7) is 1.94. The van der Waals surface area contributed by atoms with Crippen LogP contribution < -0.4 is 10.2 Å². The third kappa shape index (κ3) is 4.25. The highest BCUT2D eigenvalue weighted by Crippen LogP contribution is 2.30. The largest absolute Gasteiger partial charge is 0.497 e. The summed E-state index contributed by atoms with van der Waals surface area (Å²) in [7, 11) is 1.63. The van der Waals surface area contributed by atoms with E-state index >= 15 is 0 Å². The van der Waals surface area contributed by atoms with E-state index in [-0.39, 0.29) is 11.7 Å². The van der Waals surface area contributed by atoms with Crippen molar-refractivity contribution in [1.82, 2.24) is 15.4 Å². The van der Waals surface area contributed by atoms with Crippen molar-refractivity contribution in [2.75, 3.05) is 12.9 Å². The molecule has 4 rings (SSSR count). The van der Waals surface area contributed by atoms with Crippen LogP contribution in [0.25, 0.3) is 21.8 Å². The number of H-pyrrole nitrogens is 1. The average Bonchev–Trinajstić information content (AvgIpc) is 3.15. The van der Waals surface area contributed by atoms with Gasteiger partial charge in [-0.3, -0.25) is 9.78 Å². The molecule has 6 nitrogen and oxygen atoms in total. The van der Waals surface area contributed by atoms with E-state index in [4.69, 9.17) is 4.74 Å². The minimum absolute atomic E-state index is 0.170. The fourth-order valence-corrected chi connectivity index (χ4v) is 4.02. The quantitative estimate of drug-likeness (QED) is 0.286. The van der Waals surface area contributed by atoms with Gasteiger partial charge in [-0.05, 0) is 37.3 Å². The molecule has 4 aromatic rings. The van der Waals surface area contributed by atoms with Crippen LogP contribution in [0.4, 0.5) is 0 Å². The smallest absolute Gasteiger partial charge is 0.250 e. The van der Waals surface area contributed by atoms with Crippen LogP contribution in [0.1, 0.15) is 11.3 Å². The number of rotatable bonds is 6. The maximum absolute atomic E-state index is 12.3. The molecule has 7 heteroatoms. The lowest BCUT2D eigenvalue weighted by Crippen LogP contribution is -2.19. The number of para-hydroxylation sites is 1. The number of aromatic nitrogens is 2. The summed E-state index contributed by atoms with van der Waals surface area (Å²) in [5.74, 6) is 0.843. The van der Waals surface area contributed by atoms with Crippen LogP contribution in [0, 0.1) is 6.92 Å². The Labute approximate surface area is 172 Å². The van der Waals surface area contributed by atoms with Gasteiger partial charge in [-0.2, -0.15) is 5.10 Å². The van der Waals surface area contributed by atoms with Gasteiger partial charge in [0.25, 0.3) is 0 Å². The number of aromatic amines is 1. The van der Waals surface area contributed by atoms with Gasteiger partial charge in [0.2, 0.25) is 5.91 Å². The topological polar surface area (TPSA) is 79.4 Å². The predicted octanol–water partition coefficient (Wildman–Crippen LogP) is 4.28. The molecule has 0 aliphatic carbocycles. The van der Waals surface area contributed by atoms with Crippen molar-refractivity contribution in [1.29, 1.82) is 0 Å². The zero-order valence-electron chi connectivity index (χ0n) is 16.1. The Hall–Kier alpha value is -3.32. The SMILES string of the molecule is COc1ccc2nc(C)cc(SCC(=O)N/N=C\c3c[nH]c4ccccc34)c2c1. The lowest BCUT2D eigenvalue weighted by molar-refractivity contribution is -0.118. The fourth-order valence-electron chi connectivity index (χ4n) is 3.10. The molecule has 29 heavy (non-hydrogen) atoms. The van der Waals surface area contributed by atoms with Crippen LogP contribution in [-0.4, -0.2) is 35.0 Å². The highest BCUT2D eigenvalue weighted by molar-refractivity contribution is 8.00.